The number of pyridine rings is 1. The van der Waals surface area contributed by atoms with Crippen LogP contribution in [0.1, 0.15) is 36.0 Å². The third kappa shape index (κ3) is 3.59. The molecule has 2 heterocycles. The minimum Gasteiger partial charge on any atom is -0.354 e. The van der Waals surface area contributed by atoms with Crippen molar-refractivity contribution in [2.45, 2.75) is 31.7 Å². The van der Waals surface area contributed by atoms with Gasteiger partial charge in [-0.05, 0) is 30.5 Å². The van der Waals surface area contributed by atoms with Gasteiger partial charge in [0.05, 0.1) is 0 Å². The first-order chi connectivity index (χ1) is 12.3. The van der Waals surface area contributed by atoms with Gasteiger partial charge in [-0.25, -0.2) is 4.98 Å². The van der Waals surface area contributed by atoms with Crippen LogP contribution >= 0.6 is 0 Å². The molecule has 25 heavy (non-hydrogen) atoms. The van der Waals surface area contributed by atoms with Crippen molar-refractivity contribution in [3.63, 3.8) is 0 Å². The Morgan fingerprint density at radius 1 is 0.880 bits per heavy atom. The Bertz CT molecular complexity index is 697. The zero-order chi connectivity index (χ0) is 17.1. The van der Waals surface area contributed by atoms with Gasteiger partial charge in [-0.3, -0.25) is 9.69 Å². The number of benzene rings is 1. The van der Waals surface area contributed by atoms with Crippen molar-refractivity contribution in [3.8, 4) is 11.1 Å². The van der Waals surface area contributed by atoms with Crippen LogP contribution in [0.2, 0.25) is 0 Å². The van der Waals surface area contributed by atoms with Gasteiger partial charge in [0.15, 0.2) is 0 Å². The lowest BCUT2D eigenvalue weighted by Gasteiger charge is -2.38. The average molecular weight is 335 g/mol. The fraction of sp³-hybridized carbons (Fsp3) is 0.429. The molecule has 0 radical (unpaired) electrons. The maximum atomic E-state index is 10.8. The third-order valence-electron chi connectivity index (χ3n) is 5.61. The number of nitrogens with zero attached hydrogens (tertiary/aromatic N) is 3. The Hall–Kier alpha value is -2.20. The maximum absolute atomic E-state index is 10.8. The van der Waals surface area contributed by atoms with E-state index in [2.05, 4.69) is 26.9 Å². The fourth-order valence-electron chi connectivity index (χ4n) is 4.08. The summed E-state index contributed by atoms with van der Waals surface area (Å²) in [6, 6.07) is 12.7. The molecule has 2 aromatic rings. The van der Waals surface area contributed by atoms with Gasteiger partial charge < -0.3 is 4.90 Å². The van der Waals surface area contributed by atoms with Gasteiger partial charge in [0, 0.05) is 49.5 Å². The van der Waals surface area contributed by atoms with E-state index in [9.17, 15) is 4.79 Å². The number of rotatable bonds is 4. The third-order valence-corrected chi connectivity index (χ3v) is 5.61. The fourth-order valence-corrected chi connectivity index (χ4v) is 4.08. The minimum atomic E-state index is 0.702. The van der Waals surface area contributed by atoms with Crippen LogP contribution in [0.3, 0.4) is 0 Å². The number of carbonyl (C=O) groups excluding carboxylic acids is 1. The van der Waals surface area contributed by atoms with Crippen molar-refractivity contribution < 1.29 is 4.79 Å². The summed E-state index contributed by atoms with van der Waals surface area (Å²) in [5.74, 6) is 1.07. The second-order valence-corrected chi connectivity index (χ2v) is 7.11. The van der Waals surface area contributed by atoms with E-state index in [1.165, 1.54) is 25.7 Å². The first-order valence-corrected chi connectivity index (χ1v) is 9.34. The Morgan fingerprint density at radius 2 is 1.56 bits per heavy atom. The van der Waals surface area contributed by atoms with Crippen molar-refractivity contribution in [1.29, 1.82) is 0 Å². The van der Waals surface area contributed by atoms with Gasteiger partial charge in [0.25, 0.3) is 0 Å². The zero-order valence-electron chi connectivity index (χ0n) is 14.6. The molecule has 4 heteroatoms. The molecule has 1 saturated carbocycles. The summed E-state index contributed by atoms with van der Waals surface area (Å²) in [7, 11) is 0. The highest BCUT2D eigenvalue weighted by Crippen LogP contribution is 2.26. The highest BCUT2D eigenvalue weighted by Gasteiger charge is 2.26. The normalized spacial score (nSPS) is 19.3. The van der Waals surface area contributed by atoms with Crippen molar-refractivity contribution in [2.75, 3.05) is 31.1 Å². The van der Waals surface area contributed by atoms with Crippen LogP contribution in [0.15, 0.2) is 42.6 Å². The van der Waals surface area contributed by atoms with Crippen molar-refractivity contribution >= 4 is 12.1 Å². The van der Waals surface area contributed by atoms with E-state index in [0.717, 1.165) is 55.5 Å². The molecule has 130 valence electrons. The second kappa shape index (κ2) is 7.36. The number of anilines is 1. The number of aromatic nitrogens is 1. The van der Waals surface area contributed by atoms with Gasteiger partial charge in [0.2, 0.25) is 0 Å². The summed E-state index contributed by atoms with van der Waals surface area (Å²) in [6.45, 7) is 4.44. The quantitative estimate of drug-likeness (QED) is 0.800. The predicted octanol–water partition coefficient (Wildman–Crippen LogP) is 3.63. The molecule has 0 atom stereocenters. The van der Waals surface area contributed by atoms with E-state index >= 15 is 0 Å². The summed E-state index contributed by atoms with van der Waals surface area (Å²) in [6.07, 6.45) is 8.39. The van der Waals surface area contributed by atoms with E-state index in [0.29, 0.717) is 5.56 Å². The molecule has 4 nitrogen and oxygen atoms in total. The average Bonchev–Trinajstić information content (AvgIpc) is 3.23. The lowest BCUT2D eigenvalue weighted by Crippen LogP contribution is -2.49. The number of hydrogen-bond donors (Lipinski definition) is 0. The summed E-state index contributed by atoms with van der Waals surface area (Å²) in [5, 5.41) is 0. The Labute approximate surface area is 149 Å². The first-order valence-electron chi connectivity index (χ1n) is 9.34. The standard InChI is InChI=1S/C21H25N3O/c25-16-17-5-7-18(8-6-17)19-9-10-21(22-15-19)24-13-11-23(12-14-24)20-3-1-2-4-20/h5-10,15-16,20H,1-4,11-14H2. The number of carbonyl (C=O) groups is 1. The molecule has 1 saturated heterocycles. The molecule has 0 amide bonds. The van der Waals surface area contributed by atoms with Gasteiger partial charge in [0.1, 0.15) is 12.1 Å². The summed E-state index contributed by atoms with van der Waals surface area (Å²) < 4.78 is 0. The monoisotopic (exact) mass is 335 g/mol. The van der Waals surface area contributed by atoms with E-state index in [1.807, 2.05) is 30.5 Å². The maximum Gasteiger partial charge on any atom is 0.150 e. The molecule has 1 aromatic carbocycles. The predicted molar refractivity (Wildman–Crippen MR) is 101 cm³/mol. The van der Waals surface area contributed by atoms with Crippen LogP contribution < -0.4 is 4.90 Å². The minimum absolute atomic E-state index is 0.702. The van der Waals surface area contributed by atoms with Crippen molar-refractivity contribution in [1.82, 2.24) is 9.88 Å². The molecule has 1 aliphatic heterocycles. The molecule has 2 fully saturated rings. The number of piperazine rings is 1. The van der Waals surface area contributed by atoms with Crippen LogP contribution in [0.25, 0.3) is 11.1 Å². The molecule has 0 bridgehead atoms. The van der Waals surface area contributed by atoms with Crippen LogP contribution in [0.4, 0.5) is 5.82 Å². The Balaban J connectivity index is 1.39. The summed E-state index contributed by atoms with van der Waals surface area (Å²) >= 11 is 0. The molecule has 1 aliphatic carbocycles. The lowest BCUT2D eigenvalue weighted by molar-refractivity contribution is 0.112. The summed E-state index contributed by atoms with van der Waals surface area (Å²) in [5.41, 5.74) is 2.88. The van der Waals surface area contributed by atoms with Gasteiger partial charge in [-0.1, -0.05) is 37.1 Å². The van der Waals surface area contributed by atoms with E-state index < -0.39 is 0 Å². The van der Waals surface area contributed by atoms with E-state index in [4.69, 9.17) is 0 Å². The Morgan fingerprint density at radius 3 is 2.16 bits per heavy atom. The van der Waals surface area contributed by atoms with Gasteiger partial charge in [-0.15, -0.1) is 0 Å². The van der Waals surface area contributed by atoms with E-state index in [1.54, 1.807) is 0 Å². The topological polar surface area (TPSA) is 36.4 Å². The second-order valence-electron chi connectivity index (χ2n) is 7.11. The molecule has 1 aromatic heterocycles. The first kappa shape index (κ1) is 16.3. The molecule has 0 N–H and O–H groups in total. The SMILES string of the molecule is O=Cc1ccc(-c2ccc(N3CCN(C4CCCC4)CC3)nc2)cc1. The zero-order valence-corrected chi connectivity index (χ0v) is 14.6. The van der Waals surface area contributed by atoms with Gasteiger partial charge in [-0.2, -0.15) is 0 Å². The largest absolute Gasteiger partial charge is 0.354 e. The number of hydrogen-bond acceptors (Lipinski definition) is 4. The Kier molecular flexibility index (Phi) is 4.79. The van der Waals surface area contributed by atoms with Crippen LogP contribution in [-0.4, -0.2) is 48.4 Å². The van der Waals surface area contributed by atoms with Crippen LogP contribution in [-0.2, 0) is 0 Å². The van der Waals surface area contributed by atoms with Crippen LogP contribution in [0.5, 0.6) is 0 Å². The van der Waals surface area contributed by atoms with Crippen molar-refractivity contribution in [2.24, 2.45) is 0 Å². The number of aldehydes is 1. The van der Waals surface area contributed by atoms with Gasteiger partial charge >= 0.3 is 0 Å². The molecular formula is C21H25N3O. The van der Waals surface area contributed by atoms with Crippen LogP contribution in [0, 0.1) is 0 Å². The molecule has 2 aliphatic rings. The molecular weight excluding hydrogens is 310 g/mol. The molecule has 0 spiro atoms. The summed E-state index contributed by atoms with van der Waals surface area (Å²) in [4.78, 5) is 20.5. The highest BCUT2D eigenvalue weighted by atomic mass is 16.1. The molecule has 0 unspecified atom stereocenters. The van der Waals surface area contributed by atoms with Crippen molar-refractivity contribution in [3.05, 3.63) is 48.2 Å². The lowest BCUT2D eigenvalue weighted by atomic mass is 10.1. The molecule has 4 rings (SSSR count). The smallest absolute Gasteiger partial charge is 0.150 e. The van der Waals surface area contributed by atoms with E-state index in [-0.39, 0.29) is 0 Å². The highest BCUT2D eigenvalue weighted by molar-refractivity contribution is 5.76.